The molecule has 0 aliphatic rings. The van der Waals surface area contributed by atoms with E-state index < -0.39 is 5.60 Å². The number of rotatable bonds is 4. The summed E-state index contributed by atoms with van der Waals surface area (Å²) in [6.07, 6.45) is 1.68. The van der Waals surface area contributed by atoms with Crippen LogP contribution in [0.5, 0.6) is 0 Å². The minimum Gasteiger partial charge on any atom is -0.397 e. The molecule has 0 bridgehead atoms. The Morgan fingerprint density at radius 1 is 1.55 bits per heavy atom. The molecule has 0 aliphatic heterocycles. The van der Waals surface area contributed by atoms with Crippen molar-refractivity contribution >= 4 is 33.1 Å². The monoisotopic (exact) mass is 293 g/mol. The van der Waals surface area contributed by atoms with Crippen LogP contribution in [0.3, 0.4) is 0 Å². The van der Waals surface area contributed by atoms with Crippen molar-refractivity contribution in [3.63, 3.8) is 0 Å². The van der Waals surface area contributed by atoms with E-state index in [1.165, 1.54) is 11.3 Å². The number of likely N-dealkylation sites (N-methyl/N-ethyl adjacent to an activating group) is 1. The van der Waals surface area contributed by atoms with E-state index in [2.05, 4.69) is 4.98 Å². The van der Waals surface area contributed by atoms with Gasteiger partial charge in [0.15, 0.2) is 0 Å². The van der Waals surface area contributed by atoms with Gasteiger partial charge in [0.05, 0.1) is 11.3 Å². The topological polar surface area (TPSA) is 79.5 Å². The van der Waals surface area contributed by atoms with Crippen LogP contribution in [0.15, 0.2) is 18.3 Å². The third-order valence-corrected chi connectivity index (χ3v) is 4.06. The first-order valence-electron chi connectivity index (χ1n) is 6.48. The van der Waals surface area contributed by atoms with E-state index in [1.54, 1.807) is 31.0 Å². The summed E-state index contributed by atoms with van der Waals surface area (Å²) in [7, 11) is 0. The van der Waals surface area contributed by atoms with Gasteiger partial charge in [-0.3, -0.25) is 4.79 Å². The van der Waals surface area contributed by atoms with Crippen molar-refractivity contribution in [1.82, 2.24) is 9.88 Å². The maximum Gasteiger partial charge on any atom is 0.266 e. The van der Waals surface area contributed by atoms with E-state index >= 15 is 0 Å². The van der Waals surface area contributed by atoms with Gasteiger partial charge in [-0.15, -0.1) is 11.3 Å². The molecule has 0 fully saturated rings. The van der Waals surface area contributed by atoms with Crippen LogP contribution in [0, 0.1) is 0 Å². The van der Waals surface area contributed by atoms with Gasteiger partial charge >= 0.3 is 0 Å². The average molecular weight is 293 g/mol. The van der Waals surface area contributed by atoms with E-state index in [0.29, 0.717) is 17.1 Å². The number of nitrogens with zero attached hydrogens (tertiary/aromatic N) is 2. The highest BCUT2D eigenvalue weighted by Crippen LogP contribution is 2.33. The predicted octanol–water partition coefficient (Wildman–Crippen LogP) is 2.11. The zero-order chi connectivity index (χ0) is 14.9. The minimum absolute atomic E-state index is 0.157. The highest BCUT2D eigenvalue weighted by atomic mass is 32.1. The van der Waals surface area contributed by atoms with Gasteiger partial charge < -0.3 is 15.7 Å². The van der Waals surface area contributed by atoms with Gasteiger partial charge in [0.1, 0.15) is 9.71 Å². The second-order valence-electron chi connectivity index (χ2n) is 5.33. The number of carbonyl (C=O) groups excluding carboxylic acids is 1. The van der Waals surface area contributed by atoms with Gasteiger partial charge in [-0.2, -0.15) is 0 Å². The first-order valence-corrected chi connectivity index (χ1v) is 7.30. The van der Waals surface area contributed by atoms with Crippen molar-refractivity contribution in [2.75, 3.05) is 18.8 Å². The number of hydrogen-bond acceptors (Lipinski definition) is 5. The van der Waals surface area contributed by atoms with Crippen LogP contribution in [0.25, 0.3) is 10.2 Å². The Morgan fingerprint density at radius 2 is 2.25 bits per heavy atom. The van der Waals surface area contributed by atoms with Gasteiger partial charge in [-0.1, -0.05) is 0 Å². The molecule has 0 unspecified atom stereocenters. The van der Waals surface area contributed by atoms with Gasteiger partial charge in [-0.25, -0.2) is 4.98 Å². The van der Waals surface area contributed by atoms with Crippen molar-refractivity contribution in [3.05, 3.63) is 23.2 Å². The number of nitrogen functional groups attached to an aromatic ring is 1. The van der Waals surface area contributed by atoms with Crippen LogP contribution >= 0.6 is 11.3 Å². The molecular formula is C14H19N3O2S. The second kappa shape index (κ2) is 5.38. The fourth-order valence-electron chi connectivity index (χ4n) is 2.05. The predicted molar refractivity (Wildman–Crippen MR) is 81.9 cm³/mol. The molecule has 2 aromatic heterocycles. The first-order chi connectivity index (χ1) is 9.33. The fourth-order valence-corrected chi connectivity index (χ4v) is 3.08. The largest absolute Gasteiger partial charge is 0.397 e. The third kappa shape index (κ3) is 2.91. The molecule has 2 heterocycles. The minimum atomic E-state index is -0.935. The number of carbonyl (C=O) groups is 1. The molecule has 108 valence electrons. The van der Waals surface area contributed by atoms with Crippen molar-refractivity contribution in [2.45, 2.75) is 26.4 Å². The Labute approximate surface area is 122 Å². The summed E-state index contributed by atoms with van der Waals surface area (Å²) in [4.78, 5) is 19.6. The summed E-state index contributed by atoms with van der Waals surface area (Å²) >= 11 is 1.29. The molecule has 0 aliphatic carbocycles. The van der Waals surface area contributed by atoms with Crippen LogP contribution in [-0.2, 0) is 0 Å². The number of fused-ring (bicyclic) bond motifs is 1. The first kappa shape index (κ1) is 14.7. The van der Waals surface area contributed by atoms with E-state index in [1.807, 2.05) is 13.0 Å². The van der Waals surface area contributed by atoms with Crippen LogP contribution in [0.4, 0.5) is 5.69 Å². The van der Waals surface area contributed by atoms with Gasteiger partial charge in [-0.05, 0) is 32.9 Å². The maximum atomic E-state index is 12.6. The Morgan fingerprint density at radius 3 is 2.80 bits per heavy atom. The van der Waals surface area contributed by atoms with Crippen molar-refractivity contribution in [1.29, 1.82) is 0 Å². The molecule has 0 atom stereocenters. The molecule has 1 amide bonds. The lowest BCUT2D eigenvalue weighted by atomic mass is 10.1. The zero-order valence-corrected chi connectivity index (χ0v) is 12.7. The molecular weight excluding hydrogens is 274 g/mol. The van der Waals surface area contributed by atoms with Crippen molar-refractivity contribution in [3.8, 4) is 0 Å². The maximum absolute atomic E-state index is 12.6. The van der Waals surface area contributed by atoms with Gasteiger partial charge in [0, 0.05) is 24.7 Å². The Balaban J connectivity index is 2.37. The highest BCUT2D eigenvalue weighted by Gasteiger charge is 2.25. The molecule has 3 N–H and O–H groups in total. The van der Waals surface area contributed by atoms with Crippen molar-refractivity contribution in [2.24, 2.45) is 0 Å². The van der Waals surface area contributed by atoms with Crippen molar-refractivity contribution < 1.29 is 9.90 Å². The second-order valence-corrected chi connectivity index (χ2v) is 6.33. The van der Waals surface area contributed by atoms with Crippen LogP contribution in [0.1, 0.15) is 30.4 Å². The Bertz CT molecular complexity index is 631. The quantitative estimate of drug-likeness (QED) is 0.905. The third-order valence-electron chi connectivity index (χ3n) is 2.95. The SMILES string of the molecule is CCN(CC(C)(C)O)C(=O)c1sc2ncccc2c1N. The van der Waals surface area contributed by atoms with E-state index in [4.69, 9.17) is 5.73 Å². The molecule has 0 saturated carbocycles. The molecule has 20 heavy (non-hydrogen) atoms. The molecule has 0 aromatic carbocycles. The van der Waals surface area contributed by atoms with Crippen LogP contribution in [0.2, 0.25) is 0 Å². The molecule has 2 aromatic rings. The number of pyridine rings is 1. The Hall–Kier alpha value is -1.66. The van der Waals surface area contributed by atoms with Gasteiger partial charge in [0.2, 0.25) is 0 Å². The van der Waals surface area contributed by atoms with E-state index in [9.17, 15) is 9.90 Å². The molecule has 5 nitrogen and oxygen atoms in total. The summed E-state index contributed by atoms with van der Waals surface area (Å²) in [6, 6.07) is 3.66. The average Bonchev–Trinajstić information content (AvgIpc) is 2.72. The lowest BCUT2D eigenvalue weighted by Gasteiger charge is -2.27. The van der Waals surface area contributed by atoms with Crippen LogP contribution < -0.4 is 5.73 Å². The summed E-state index contributed by atoms with van der Waals surface area (Å²) in [5.41, 5.74) is 5.59. The summed E-state index contributed by atoms with van der Waals surface area (Å²) in [6.45, 7) is 6.02. The van der Waals surface area contributed by atoms with Crippen LogP contribution in [-0.4, -0.2) is 39.6 Å². The van der Waals surface area contributed by atoms with E-state index in [0.717, 1.165) is 10.2 Å². The highest BCUT2D eigenvalue weighted by molar-refractivity contribution is 7.21. The van der Waals surface area contributed by atoms with Gasteiger partial charge in [0.25, 0.3) is 5.91 Å². The number of aromatic nitrogens is 1. The van der Waals surface area contributed by atoms with E-state index in [-0.39, 0.29) is 12.5 Å². The molecule has 2 rings (SSSR count). The number of aliphatic hydroxyl groups is 1. The number of amides is 1. The summed E-state index contributed by atoms with van der Waals surface area (Å²) in [5.74, 6) is -0.157. The normalized spacial score (nSPS) is 11.8. The smallest absolute Gasteiger partial charge is 0.266 e. The molecule has 6 heteroatoms. The fraction of sp³-hybridized carbons (Fsp3) is 0.429. The molecule has 0 saturated heterocycles. The lowest BCUT2D eigenvalue weighted by Crippen LogP contribution is -2.42. The Kier molecular flexibility index (Phi) is 3.96. The summed E-state index contributed by atoms with van der Waals surface area (Å²) in [5, 5.41) is 10.7. The number of nitrogens with two attached hydrogens (primary N) is 1. The standard InChI is InChI=1S/C14H19N3O2S/c1-4-17(8-14(2,3)19)13(18)11-10(15)9-6-5-7-16-12(9)20-11/h5-7,19H,4,8,15H2,1-3H3. The number of hydrogen-bond donors (Lipinski definition) is 2. The molecule has 0 radical (unpaired) electrons. The lowest BCUT2D eigenvalue weighted by molar-refractivity contribution is 0.0318. The molecule has 0 spiro atoms. The zero-order valence-electron chi connectivity index (χ0n) is 11.9. The summed E-state index contributed by atoms with van der Waals surface area (Å²) < 4.78 is 0. The number of anilines is 1. The number of thiophene rings is 1.